The van der Waals surface area contributed by atoms with Gasteiger partial charge in [-0.3, -0.25) is 0 Å². The first-order chi connectivity index (χ1) is 18.1. The summed E-state index contributed by atoms with van der Waals surface area (Å²) in [7, 11) is -8.27. The molecule has 2 saturated heterocycles. The number of morpholine rings is 1. The highest BCUT2D eigenvalue weighted by Crippen LogP contribution is 2.46. The van der Waals surface area contributed by atoms with Crippen LogP contribution in [0, 0.1) is 5.41 Å². The first-order valence-corrected chi connectivity index (χ1v) is 15.9. The van der Waals surface area contributed by atoms with Crippen LogP contribution in [0.25, 0.3) is 0 Å². The van der Waals surface area contributed by atoms with Crippen LogP contribution in [0.1, 0.15) is 37.7 Å². The number of rotatable bonds is 7. The third kappa shape index (κ3) is 5.82. The van der Waals surface area contributed by atoms with Crippen LogP contribution in [0.4, 0.5) is 11.5 Å². The number of aliphatic hydroxyl groups excluding tert-OH is 1. The lowest BCUT2D eigenvalue weighted by atomic mass is 9.78. The van der Waals surface area contributed by atoms with Gasteiger partial charge in [-0.05, 0) is 54.5 Å². The van der Waals surface area contributed by atoms with E-state index in [9.17, 15) is 21.9 Å². The van der Waals surface area contributed by atoms with Gasteiger partial charge in [-0.25, -0.2) is 27.0 Å². The highest BCUT2D eigenvalue weighted by atomic mass is 32.2. The predicted octanol–water partition coefficient (Wildman–Crippen LogP) is 1.49. The Morgan fingerprint density at radius 3 is 2.50 bits per heavy atom. The Hall–Kier alpha value is -2.29. The number of aliphatic hydroxyl groups is 1. The van der Waals surface area contributed by atoms with Crippen molar-refractivity contribution >= 4 is 31.6 Å². The van der Waals surface area contributed by atoms with Crippen LogP contribution in [0.5, 0.6) is 0 Å². The minimum Gasteiger partial charge on any atom is -0.392 e. The number of nitrogens with zero attached hydrogens (tertiary/aromatic N) is 3. The minimum absolute atomic E-state index is 0.0117. The van der Waals surface area contributed by atoms with E-state index < -0.39 is 26.2 Å². The average molecular weight is 566 g/mol. The largest absolute Gasteiger partial charge is 0.392 e. The van der Waals surface area contributed by atoms with Crippen molar-refractivity contribution in [2.75, 3.05) is 49.6 Å². The van der Waals surface area contributed by atoms with Gasteiger partial charge in [0.05, 0.1) is 29.9 Å². The zero-order chi connectivity index (χ0) is 27.0. The summed E-state index contributed by atoms with van der Waals surface area (Å²) in [6.45, 7) is 3.45. The molecule has 5 rings (SSSR count). The molecule has 1 unspecified atom stereocenters. The highest BCUT2D eigenvalue weighted by Gasteiger charge is 2.45. The van der Waals surface area contributed by atoms with E-state index in [1.54, 1.807) is 6.20 Å². The monoisotopic (exact) mass is 565 g/mol. The van der Waals surface area contributed by atoms with Gasteiger partial charge in [0, 0.05) is 38.9 Å². The fourth-order valence-corrected chi connectivity index (χ4v) is 8.29. The molecule has 11 nitrogen and oxygen atoms in total. The van der Waals surface area contributed by atoms with Crippen molar-refractivity contribution in [3.8, 4) is 0 Å². The van der Waals surface area contributed by atoms with Crippen LogP contribution < -0.4 is 15.4 Å². The molecule has 1 aromatic heterocycles. The van der Waals surface area contributed by atoms with Crippen molar-refractivity contribution in [3.63, 3.8) is 0 Å². The topological polar surface area (TPSA) is 155 Å². The van der Waals surface area contributed by atoms with Gasteiger partial charge in [0.15, 0.2) is 0 Å². The Kier molecular flexibility index (Phi) is 7.68. The van der Waals surface area contributed by atoms with Gasteiger partial charge in [-0.2, -0.15) is 4.31 Å². The lowest BCUT2D eigenvalue weighted by Gasteiger charge is -2.42. The zero-order valence-corrected chi connectivity index (χ0v) is 22.9. The molecule has 13 heteroatoms. The molecule has 1 aromatic carbocycles. The molecule has 0 radical (unpaired) electrons. The molecule has 2 aromatic rings. The van der Waals surface area contributed by atoms with Crippen molar-refractivity contribution in [1.29, 1.82) is 0 Å². The Morgan fingerprint density at radius 1 is 1.11 bits per heavy atom. The van der Waals surface area contributed by atoms with Crippen LogP contribution in [0.15, 0.2) is 46.3 Å². The van der Waals surface area contributed by atoms with E-state index in [1.165, 1.54) is 16.4 Å². The maximum Gasteiger partial charge on any atom is 0.243 e. The molecule has 3 heterocycles. The summed E-state index contributed by atoms with van der Waals surface area (Å²) in [5.41, 5.74) is 0.804. The molecule has 1 spiro atoms. The van der Waals surface area contributed by atoms with Gasteiger partial charge >= 0.3 is 0 Å². The van der Waals surface area contributed by atoms with Crippen LogP contribution in [0.2, 0.25) is 0 Å². The van der Waals surface area contributed by atoms with E-state index in [-0.39, 0.29) is 34.0 Å². The molecular weight excluding hydrogens is 530 g/mol. The number of aromatic nitrogens is 1. The Bertz CT molecular complexity index is 1360. The lowest BCUT2D eigenvalue weighted by Crippen LogP contribution is -2.50. The number of hydrogen-bond acceptors (Lipinski definition) is 9. The van der Waals surface area contributed by atoms with E-state index in [4.69, 9.17) is 9.88 Å². The van der Waals surface area contributed by atoms with Crippen LogP contribution >= 0.6 is 0 Å². The number of primary sulfonamides is 1. The maximum absolute atomic E-state index is 13.5. The normalized spacial score (nSPS) is 22.6. The Balaban J connectivity index is 1.34. The summed E-state index contributed by atoms with van der Waals surface area (Å²) < 4.78 is 58.7. The van der Waals surface area contributed by atoms with Crippen LogP contribution in [-0.2, 0) is 31.3 Å². The predicted molar refractivity (Wildman–Crippen MR) is 143 cm³/mol. The van der Waals surface area contributed by atoms with Crippen LogP contribution in [-0.4, -0.2) is 76.7 Å². The standard InChI is InChI=1S/C25H35N5O6S2/c26-37(32,33)23-13-21(38(34,35)30-17-20(31)14-25(18-30)7-1-2-8-25)4-5-22(23)27-15-19-3-6-24(28-16-19)29-9-11-36-12-10-29/h3-6,13,16,20,27,31H,1-2,7-12,14-15,17-18H2,(H2,26,32,33). The number of piperidine rings is 1. The van der Waals surface area contributed by atoms with E-state index >= 15 is 0 Å². The molecule has 38 heavy (non-hydrogen) atoms. The number of nitrogens with two attached hydrogens (primary N) is 1. The SMILES string of the molecule is NS(=O)(=O)c1cc(S(=O)(=O)N2CC(O)CC3(CCCC3)C2)ccc1NCc1ccc(N2CCOCC2)nc1. The Labute approximate surface area is 224 Å². The second kappa shape index (κ2) is 10.7. The van der Waals surface area contributed by atoms with E-state index in [1.807, 2.05) is 12.1 Å². The van der Waals surface area contributed by atoms with Gasteiger partial charge in [-0.15, -0.1) is 0 Å². The minimum atomic E-state index is -4.23. The first kappa shape index (κ1) is 27.3. The van der Waals surface area contributed by atoms with Crippen molar-refractivity contribution in [1.82, 2.24) is 9.29 Å². The summed E-state index contributed by atoms with van der Waals surface area (Å²) in [5, 5.41) is 19.0. The van der Waals surface area contributed by atoms with E-state index in [2.05, 4.69) is 15.2 Å². The maximum atomic E-state index is 13.5. The fraction of sp³-hybridized carbons (Fsp3) is 0.560. The summed E-state index contributed by atoms with van der Waals surface area (Å²) in [5.74, 6) is 0.846. The van der Waals surface area contributed by atoms with Crippen molar-refractivity contribution in [3.05, 3.63) is 42.1 Å². The molecule has 1 saturated carbocycles. The average Bonchev–Trinajstić information content (AvgIpc) is 3.34. The number of benzene rings is 1. The molecule has 208 valence electrons. The third-order valence-corrected chi connectivity index (χ3v) is 10.5. The second-order valence-corrected chi connectivity index (χ2v) is 14.0. The van der Waals surface area contributed by atoms with E-state index in [0.29, 0.717) is 26.2 Å². The molecule has 4 N–H and O–H groups in total. The number of nitrogens with one attached hydrogen (secondary N) is 1. The van der Waals surface area contributed by atoms with Crippen molar-refractivity contribution in [2.45, 2.75) is 54.5 Å². The second-order valence-electron chi connectivity index (χ2n) is 10.5. The smallest absolute Gasteiger partial charge is 0.243 e. The first-order valence-electron chi connectivity index (χ1n) is 12.9. The number of hydrogen-bond donors (Lipinski definition) is 3. The number of sulfonamides is 2. The zero-order valence-electron chi connectivity index (χ0n) is 21.3. The molecule has 1 aliphatic carbocycles. The molecule has 3 fully saturated rings. The number of pyridine rings is 1. The fourth-order valence-electron chi connectivity index (χ4n) is 5.86. The lowest BCUT2D eigenvalue weighted by molar-refractivity contribution is 0.0269. The summed E-state index contributed by atoms with van der Waals surface area (Å²) in [6.07, 6.45) is 5.34. The van der Waals surface area contributed by atoms with Gasteiger partial charge in [-0.1, -0.05) is 18.9 Å². The van der Waals surface area contributed by atoms with Gasteiger partial charge in [0.1, 0.15) is 10.7 Å². The van der Waals surface area contributed by atoms with Gasteiger partial charge in [0.2, 0.25) is 20.0 Å². The van der Waals surface area contributed by atoms with Crippen molar-refractivity contribution < 1.29 is 26.7 Å². The Morgan fingerprint density at radius 2 is 1.84 bits per heavy atom. The molecule has 0 bridgehead atoms. The van der Waals surface area contributed by atoms with E-state index in [0.717, 1.165) is 56.2 Å². The number of β-amino-alcohol motifs (C(OH)–C–C–N with tert-alkyl or cyclic N) is 1. The molecule has 2 aliphatic heterocycles. The third-order valence-electron chi connectivity index (χ3n) is 7.78. The molecule has 1 atom stereocenters. The molecular formula is C25H35N5O6S2. The number of ether oxygens (including phenoxy) is 1. The quantitative estimate of drug-likeness (QED) is 0.453. The van der Waals surface area contributed by atoms with Crippen LogP contribution in [0.3, 0.4) is 0 Å². The number of anilines is 2. The van der Waals surface area contributed by atoms with Crippen molar-refractivity contribution in [2.24, 2.45) is 10.6 Å². The summed E-state index contributed by atoms with van der Waals surface area (Å²) in [4.78, 5) is 6.17. The van der Waals surface area contributed by atoms with Gasteiger partial charge < -0.3 is 20.1 Å². The summed E-state index contributed by atoms with van der Waals surface area (Å²) >= 11 is 0. The molecule has 0 amide bonds. The highest BCUT2D eigenvalue weighted by molar-refractivity contribution is 7.90. The summed E-state index contributed by atoms with van der Waals surface area (Å²) in [6, 6.07) is 7.72. The van der Waals surface area contributed by atoms with Gasteiger partial charge in [0.25, 0.3) is 0 Å². The molecule has 3 aliphatic rings.